The van der Waals surface area contributed by atoms with Crippen LogP contribution in [0.4, 0.5) is 13.2 Å². The molecule has 1 heterocycles. The van der Waals surface area contributed by atoms with E-state index in [4.69, 9.17) is 0 Å². The van der Waals surface area contributed by atoms with Crippen molar-refractivity contribution in [2.45, 2.75) is 32.4 Å². The zero-order valence-corrected chi connectivity index (χ0v) is 12.5. The Morgan fingerprint density at radius 2 is 2.22 bits per heavy atom. The van der Waals surface area contributed by atoms with Crippen LogP contribution in [0.1, 0.15) is 18.9 Å². The van der Waals surface area contributed by atoms with Crippen LogP contribution in [-0.4, -0.2) is 42.5 Å². The number of ether oxygens (including phenoxy) is 1. The maximum absolute atomic E-state index is 13.7. The molecule has 1 N–H and O–H groups in total. The number of rotatable bonds is 6. The number of alkyl halides is 2. The molecule has 1 aromatic rings. The van der Waals surface area contributed by atoms with E-state index >= 15 is 0 Å². The van der Waals surface area contributed by atoms with Crippen LogP contribution in [0, 0.1) is 5.82 Å². The predicted molar refractivity (Wildman–Crippen MR) is 75.5 cm³/mol. The molecule has 1 aromatic carbocycles. The van der Waals surface area contributed by atoms with E-state index in [1.54, 1.807) is 6.92 Å². The number of benzene rings is 1. The summed E-state index contributed by atoms with van der Waals surface area (Å²) in [6, 6.07) is 2.88. The molecule has 0 aliphatic carbocycles. The van der Waals surface area contributed by atoms with E-state index in [9.17, 15) is 22.8 Å². The average molecular weight is 330 g/mol. The van der Waals surface area contributed by atoms with Gasteiger partial charge in [-0.3, -0.25) is 9.59 Å². The van der Waals surface area contributed by atoms with Crippen LogP contribution < -0.4 is 10.1 Å². The molecule has 0 radical (unpaired) electrons. The van der Waals surface area contributed by atoms with E-state index in [0.29, 0.717) is 25.1 Å². The van der Waals surface area contributed by atoms with E-state index in [1.807, 2.05) is 0 Å². The molecule has 1 saturated heterocycles. The Kier molecular flexibility index (Phi) is 5.46. The molecule has 23 heavy (non-hydrogen) atoms. The van der Waals surface area contributed by atoms with Gasteiger partial charge in [0.1, 0.15) is 6.04 Å². The van der Waals surface area contributed by atoms with Crippen molar-refractivity contribution in [1.82, 2.24) is 10.2 Å². The molecule has 8 heteroatoms. The highest BCUT2D eigenvalue weighted by atomic mass is 19.3. The maximum atomic E-state index is 13.7. The van der Waals surface area contributed by atoms with Crippen molar-refractivity contribution in [2.75, 3.05) is 13.1 Å². The molecule has 0 aromatic heterocycles. The monoisotopic (exact) mass is 330 g/mol. The van der Waals surface area contributed by atoms with Crippen LogP contribution >= 0.6 is 0 Å². The van der Waals surface area contributed by atoms with Gasteiger partial charge in [-0.1, -0.05) is 6.07 Å². The smallest absolute Gasteiger partial charge is 0.387 e. The fraction of sp³-hybridized carbons (Fsp3) is 0.467. The van der Waals surface area contributed by atoms with Crippen LogP contribution in [0.15, 0.2) is 18.2 Å². The van der Waals surface area contributed by atoms with Gasteiger partial charge in [-0.05, 0) is 31.0 Å². The third-order valence-corrected chi connectivity index (χ3v) is 3.62. The highest BCUT2D eigenvalue weighted by molar-refractivity contribution is 5.89. The summed E-state index contributed by atoms with van der Waals surface area (Å²) < 4.78 is 41.8. The molecule has 5 nitrogen and oxygen atoms in total. The lowest BCUT2D eigenvalue weighted by Gasteiger charge is -2.25. The maximum Gasteiger partial charge on any atom is 0.387 e. The second-order valence-electron chi connectivity index (χ2n) is 5.10. The van der Waals surface area contributed by atoms with E-state index in [2.05, 4.69) is 10.1 Å². The van der Waals surface area contributed by atoms with Gasteiger partial charge in [-0.15, -0.1) is 0 Å². The minimum absolute atomic E-state index is 0.122. The van der Waals surface area contributed by atoms with E-state index in [0.717, 1.165) is 12.1 Å². The number of hydrogen-bond donors (Lipinski definition) is 1. The molecule has 1 atom stereocenters. The largest absolute Gasteiger partial charge is 0.432 e. The van der Waals surface area contributed by atoms with Gasteiger partial charge in [0.2, 0.25) is 11.8 Å². The lowest BCUT2D eigenvalue weighted by Crippen LogP contribution is -2.45. The fourth-order valence-electron chi connectivity index (χ4n) is 2.57. The van der Waals surface area contributed by atoms with Gasteiger partial charge in [0.05, 0.1) is 6.42 Å². The van der Waals surface area contributed by atoms with Crippen molar-refractivity contribution in [3.8, 4) is 5.75 Å². The summed E-state index contributed by atoms with van der Waals surface area (Å²) in [5.74, 6) is -2.06. The molecule has 1 fully saturated rings. The number of nitrogens with one attached hydrogen (secondary N) is 1. The molecule has 2 amide bonds. The topological polar surface area (TPSA) is 58.6 Å². The summed E-state index contributed by atoms with van der Waals surface area (Å²) in [6.07, 6.45) is 0.414. The lowest BCUT2D eigenvalue weighted by atomic mass is 10.1. The number of likely N-dealkylation sites (N-methyl/N-ethyl adjacent to an activating group) is 1. The molecule has 126 valence electrons. The van der Waals surface area contributed by atoms with Gasteiger partial charge in [0, 0.05) is 13.1 Å². The Morgan fingerprint density at radius 1 is 1.48 bits per heavy atom. The second-order valence-corrected chi connectivity index (χ2v) is 5.10. The van der Waals surface area contributed by atoms with E-state index in [1.165, 1.54) is 11.0 Å². The Bertz CT molecular complexity index is 595. The van der Waals surface area contributed by atoms with Gasteiger partial charge in [-0.2, -0.15) is 8.78 Å². The summed E-state index contributed by atoms with van der Waals surface area (Å²) >= 11 is 0. The Morgan fingerprint density at radius 3 is 2.74 bits per heavy atom. The van der Waals surface area contributed by atoms with Crippen molar-refractivity contribution in [1.29, 1.82) is 0 Å². The number of carbonyl (C=O) groups excluding carboxylic acids is 2. The Balaban J connectivity index is 2.06. The lowest BCUT2D eigenvalue weighted by molar-refractivity contribution is -0.138. The van der Waals surface area contributed by atoms with Crippen LogP contribution in [0.5, 0.6) is 5.75 Å². The summed E-state index contributed by atoms with van der Waals surface area (Å²) in [4.78, 5) is 25.4. The number of nitrogens with zero attached hydrogens (tertiary/aromatic N) is 1. The minimum Gasteiger partial charge on any atom is -0.432 e. The van der Waals surface area contributed by atoms with Gasteiger partial charge in [0.15, 0.2) is 11.6 Å². The minimum atomic E-state index is -3.12. The van der Waals surface area contributed by atoms with E-state index in [-0.39, 0.29) is 18.2 Å². The van der Waals surface area contributed by atoms with E-state index < -0.39 is 24.2 Å². The average Bonchev–Trinajstić information content (AvgIpc) is 2.89. The standard InChI is InChI=1S/C15H17F3N2O3/c1-2-20(11-5-6-19-14(11)22)13(21)8-9-3-4-12(10(16)7-9)23-15(17)18/h3-4,7,11,15H,2,5-6,8H2,1H3,(H,19,22). The third-order valence-electron chi connectivity index (χ3n) is 3.62. The first kappa shape index (κ1) is 17.1. The number of halogens is 3. The molecular formula is C15H17F3N2O3. The zero-order valence-electron chi connectivity index (χ0n) is 12.5. The summed E-state index contributed by atoms with van der Waals surface area (Å²) in [6.45, 7) is -0.495. The Hall–Kier alpha value is -2.25. The summed E-state index contributed by atoms with van der Waals surface area (Å²) in [5, 5.41) is 2.66. The van der Waals surface area contributed by atoms with Gasteiger partial charge in [0.25, 0.3) is 0 Å². The van der Waals surface area contributed by atoms with Crippen molar-refractivity contribution < 1.29 is 27.5 Å². The van der Waals surface area contributed by atoms with Crippen LogP contribution in [-0.2, 0) is 16.0 Å². The SMILES string of the molecule is CCN(C(=O)Cc1ccc(OC(F)F)c(F)c1)C1CCNC1=O. The summed E-state index contributed by atoms with van der Waals surface area (Å²) in [5.41, 5.74) is 0.325. The molecule has 1 unspecified atom stereocenters. The predicted octanol–water partition coefficient (Wildman–Crippen LogP) is 1.71. The molecular weight excluding hydrogens is 313 g/mol. The quantitative estimate of drug-likeness (QED) is 0.864. The molecule has 0 bridgehead atoms. The van der Waals surface area contributed by atoms with Crippen molar-refractivity contribution in [3.05, 3.63) is 29.6 Å². The molecule has 0 spiro atoms. The van der Waals surface area contributed by atoms with Crippen molar-refractivity contribution in [2.24, 2.45) is 0 Å². The van der Waals surface area contributed by atoms with Gasteiger partial charge >= 0.3 is 6.61 Å². The first-order valence-electron chi connectivity index (χ1n) is 7.22. The first-order valence-corrected chi connectivity index (χ1v) is 7.22. The first-order chi connectivity index (χ1) is 10.9. The highest BCUT2D eigenvalue weighted by Crippen LogP contribution is 2.21. The van der Waals surface area contributed by atoms with Crippen LogP contribution in [0.25, 0.3) is 0 Å². The summed E-state index contributed by atoms with van der Waals surface area (Å²) in [7, 11) is 0. The molecule has 2 rings (SSSR count). The van der Waals surface area contributed by atoms with Crippen LogP contribution in [0.2, 0.25) is 0 Å². The fourth-order valence-corrected chi connectivity index (χ4v) is 2.57. The number of hydrogen-bond acceptors (Lipinski definition) is 3. The second kappa shape index (κ2) is 7.34. The van der Waals surface area contributed by atoms with Gasteiger partial charge < -0.3 is 15.0 Å². The number of carbonyl (C=O) groups is 2. The number of amides is 2. The molecule has 1 aliphatic rings. The highest BCUT2D eigenvalue weighted by Gasteiger charge is 2.32. The third kappa shape index (κ3) is 4.14. The van der Waals surface area contributed by atoms with Crippen molar-refractivity contribution >= 4 is 11.8 Å². The normalized spacial score (nSPS) is 17.3. The zero-order chi connectivity index (χ0) is 17.0. The molecule has 0 saturated carbocycles. The van der Waals surface area contributed by atoms with Crippen molar-refractivity contribution in [3.63, 3.8) is 0 Å². The Labute approximate surface area is 131 Å². The molecule has 1 aliphatic heterocycles. The van der Waals surface area contributed by atoms with Crippen LogP contribution in [0.3, 0.4) is 0 Å². The van der Waals surface area contributed by atoms with Gasteiger partial charge in [-0.25, -0.2) is 4.39 Å².